The summed E-state index contributed by atoms with van der Waals surface area (Å²) in [5.74, 6) is 0.258. The van der Waals surface area contributed by atoms with Crippen LogP contribution in [-0.4, -0.2) is 29.2 Å². The van der Waals surface area contributed by atoms with Gasteiger partial charge >= 0.3 is 0 Å². The molecule has 2 atom stereocenters. The van der Waals surface area contributed by atoms with E-state index in [1.165, 1.54) is 5.56 Å². The third kappa shape index (κ3) is 3.54. The molecule has 1 aliphatic heterocycles. The maximum atomic E-state index is 13.0. The molecule has 1 N–H and O–H groups in total. The molecular weight excluding hydrogens is 241 g/mol. The zero-order valence-electron chi connectivity index (χ0n) is 11.8. The zero-order chi connectivity index (χ0) is 13.8. The van der Waals surface area contributed by atoms with Crippen LogP contribution in [-0.2, 0) is 0 Å². The van der Waals surface area contributed by atoms with Gasteiger partial charge in [0, 0.05) is 6.04 Å². The van der Waals surface area contributed by atoms with Gasteiger partial charge < -0.3 is 5.11 Å². The fourth-order valence-electron chi connectivity index (χ4n) is 3.10. The molecule has 1 saturated heterocycles. The van der Waals surface area contributed by atoms with E-state index < -0.39 is 0 Å². The van der Waals surface area contributed by atoms with Crippen molar-refractivity contribution in [2.75, 3.05) is 13.1 Å². The smallest absolute Gasteiger partial charge is 0.123 e. The van der Waals surface area contributed by atoms with Crippen LogP contribution in [0.4, 0.5) is 4.39 Å². The van der Waals surface area contributed by atoms with Crippen LogP contribution in [0, 0.1) is 11.7 Å². The lowest BCUT2D eigenvalue weighted by Gasteiger charge is -2.38. The van der Waals surface area contributed by atoms with E-state index in [1.54, 1.807) is 12.1 Å². The monoisotopic (exact) mass is 265 g/mol. The second-order valence-corrected chi connectivity index (χ2v) is 5.59. The highest BCUT2D eigenvalue weighted by molar-refractivity contribution is 5.20. The van der Waals surface area contributed by atoms with Gasteiger partial charge in [0.1, 0.15) is 5.82 Å². The lowest BCUT2D eigenvalue weighted by atomic mass is 9.90. The van der Waals surface area contributed by atoms with Gasteiger partial charge in [0.25, 0.3) is 0 Å². The number of hydrogen-bond donors (Lipinski definition) is 1. The first kappa shape index (κ1) is 14.5. The van der Waals surface area contributed by atoms with Crippen LogP contribution in [0.2, 0.25) is 0 Å². The number of nitrogens with zero attached hydrogens (tertiary/aromatic N) is 1. The Kier molecular flexibility index (Phi) is 4.94. The van der Waals surface area contributed by atoms with Gasteiger partial charge in [-0.05, 0) is 62.9 Å². The molecule has 2 nitrogen and oxygen atoms in total. The van der Waals surface area contributed by atoms with Gasteiger partial charge in [0.15, 0.2) is 0 Å². The Bertz CT molecular complexity index is 382. The van der Waals surface area contributed by atoms with E-state index in [0.29, 0.717) is 12.0 Å². The Hall–Kier alpha value is -0.930. The highest BCUT2D eigenvalue weighted by atomic mass is 19.1. The molecule has 1 fully saturated rings. The number of likely N-dealkylation sites (tertiary alicyclic amines) is 1. The predicted molar refractivity (Wildman–Crippen MR) is 75.4 cm³/mol. The van der Waals surface area contributed by atoms with Crippen molar-refractivity contribution in [3.05, 3.63) is 35.6 Å². The Morgan fingerprint density at radius 1 is 1.26 bits per heavy atom. The highest BCUT2D eigenvalue weighted by Crippen LogP contribution is 2.30. The summed E-state index contributed by atoms with van der Waals surface area (Å²) in [4.78, 5) is 2.46. The Morgan fingerprint density at radius 3 is 2.32 bits per heavy atom. The summed E-state index contributed by atoms with van der Waals surface area (Å²) < 4.78 is 13.0. The molecule has 0 saturated carbocycles. The highest BCUT2D eigenvalue weighted by Gasteiger charge is 2.27. The van der Waals surface area contributed by atoms with Crippen molar-refractivity contribution in [1.29, 1.82) is 0 Å². The summed E-state index contributed by atoms with van der Waals surface area (Å²) in [6, 6.07) is 7.24. The van der Waals surface area contributed by atoms with Crippen LogP contribution in [0.15, 0.2) is 24.3 Å². The quantitative estimate of drug-likeness (QED) is 0.902. The van der Waals surface area contributed by atoms with E-state index >= 15 is 0 Å². The second kappa shape index (κ2) is 6.49. The van der Waals surface area contributed by atoms with Gasteiger partial charge in [-0.15, -0.1) is 0 Å². The van der Waals surface area contributed by atoms with Crippen LogP contribution in [0.3, 0.4) is 0 Å². The molecule has 106 valence electrons. The van der Waals surface area contributed by atoms with Crippen molar-refractivity contribution >= 4 is 0 Å². The van der Waals surface area contributed by atoms with Crippen molar-refractivity contribution in [2.24, 2.45) is 5.92 Å². The molecule has 0 aromatic heterocycles. The van der Waals surface area contributed by atoms with Crippen molar-refractivity contribution in [2.45, 2.75) is 45.3 Å². The van der Waals surface area contributed by atoms with Crippen LogP contribution in [0.1, 0.15) is 44.7 Å². The molecule has 0 spiro atoms. The molecule has 0 radical (unpaired) electrons. The van der Waals surface area contributed by atoms with Gasteiger partial charge in [-0.2, -0.15) is 0 Å². The topological polar surface area (TPSA) is 23.5 Å². The van der Waals surface area contributed by atoms with E-state index in [2.05, 4.69) is 11.8 Å². The molecule has 0 aliphatic carbocycles. The maximum Gasteiger partial charge on any atom is 0.123 e. The zero-order valence-corrected chi connectivity index (χ0v) is 11.8. The van der Waals surface area contributed by atoms with Gasteiger partial charge in [-0.1, -0.05) is 19.1 Å². The summed E-state index contributed by atoms with van der Waals surface area (Å²) in [5, 5.41) is 9.65. The van der Waals surface area contributed by atoms with E-state index in [-0.39, 0.29) is 11.9 Å². The van der Waals surface area contributed by atoms with E-state index in [1.807, 2.05) is 19.1 Å². The summed E-state index contributed by atoms with van der Waals surface area (Å²) in [6.07, 6.45) is 2.93. The van der Waals surface area contributed by atoms with Crippen LogP contribution >= 0.6 is 0 Å². The third-order valence-corrected chi connectivity index (χ3v) is 4.34. The largest absolute Gasteiger partial charge is 0.393 e. The van der Waals surface area contributed by atoms with Crippen molar-refractivity contribution in [1.82, 2.24) is 4.90 Å². The van der Waals surface area contributed by atoms with Gasteiger partial charge in [0.05, 0.1) is 6.10 Å². The average molecular weight is 265 g/mol. The fraction of sp³-hybridized carbons (Fsp3) is 0.625. The number of hydrogen-bond acceptors (Lipinski definition) is 2. The number of piperidine rings is 1. The SMILES string of the molecule is CC[C@@H](c1ccc(F)cc1)N1CCC([C@H](C)O)CC1. The number of rotatable bonds is 4. The van der Waals surface area contributed by atoms with Gasteiger partial charge in [-0.25, -0.2) is 4.39 Å². The molecule has 0 amide bonds. The van der Waals surface area contributed by atoms with Crippen molar-refractivity contribution in [3.63, 3.8) is 0 Å². The maximum absolute atomic E-state index is 13.0. The Balaban J connectivity index is 2.01. The van der Waals surface area contributed by atoms with Crippen LogP contribution in [0.5, 0.6) is 0 Å². The van der Waals surface area contributed by atoms with Crippen molar-refractivity contribution < 1.29 is 9.50 Å². The van der Waals surface area contributed by atoms with E-state index in [0.717, 1.165) is 32.4 Å². The summed E-state index contributed by atoms with van der Waals surface area (Å²) in [5.41, 5.74) is 1.19. The van der Waals surface area contributed by atoms with E-state index in [4.69, 9.17) is 0 Å². The molecule has 19 heavy (non-hydrogen) atoms. The third-order valence-electron chi connectivity index (χ3n) is 4.34. The Morgan fingerprint density at radius 2 is 1.84 bits per heavy atom. The minimum atomic E-state index is -0.201. The molecule has 1 heterocycles. The molecular formula is C16H24FNO. The lowest BCUT2D eigenvalue weighted by Crippen LogP contribution is -2.39. The second-order valence-electron chi connectivity index (χ2n) is 5.59. The molecule has 1 aliphatic rings. The minimum absolute atomic E-state index is 0.175. The summed E-state index contributed by atoms with van der Waals surface area (Å²) in [7, 11) is 0. The summed E-state index contributed by atoms with van der Waals surface area (Å²) >= 11 is 0. The van der Waals surface area contributed by atoms with Gasteiger partial charge in [-0.3, -0.25) is 4.90 Å². The molecule has 2 rings (SSSR count). The first-order valence-corrected chi connectivity index (χ1v) is 7.29. The molecule has 0 unspecified atom stereocenters. The van der Waals surface area contributed by atoms with Crippen LogP contribution in [0.25, 0.3) is 0 Å². The standard InChI is InChI=1S/C16H24FNO/c1-3-16(14-4-6-15(17)7-5-14)18-10-8-13(9-11-18)12(2)19/h4-7,12-13,16,19H,3,8-11H2,1-2H3/t12-,16-/m0/s1. The van der Waals surface area contributed by atoms with E-state index in [9.17, 15) is 9.50 Å². The molecule has 1 aromatic rings. The number of halogens is 1. The molecule has 0 bridgehead atoms. The number of aliphatic hydroxyl groups is 1. The molecule has 3 heteroatoms. The number of benzene rings is 1. The normalized spacial score (nSPS) is 21.3. The predicted octanol–water partition coefficient (Wildman–Crippen LogP) is 3.37. The lowest BCUT2D eigenvalue weighted by molar-refractivity contribution is 0.0545. The van der Waals surface area contributed by atoms with Gasteiger partial charge in [0.2, 0.25) is 0 Å². The van der Waals surface area contributed by atoms with Crippen molar-refractivity contribution in [3.8, 4) is 0 Å². The first-order valence-electron chi connectivity index (χ1n) is 7.29. The number of aliphatic hydroxyl groups excluding tert-OH is 1. The Labute approximate surface area is 115 Å². The summed E-state index contributed by atoms with van der Waals surface area (Å²) in [6.45, 7) is 6.10. The molecule has 1 aromatic carbocycles. The average Bonchev–Trinajstić information content (AvgIpc) is 2.42. The van der Waals surface area contributed by atoms with Crippen LogP contribution < -0.4 is 0 Å². The first-order chi connectivity index (χ1) is 9.11. The fourth-order valence-corrected chi connectivity index (χ4v) is 3.10. The minimum Gasteiger partial charge on any atom is -0.393 e.